The molecule has 0 heterocycles. The third kappa shape index (κ3) is 5.23. The van der Waals surface area contributed by atoms with Gasteiger partial charge in [0.1, 0.15) is 12.4 Å². The maximum Gasteiger partial charge on any atom is 0.307 e. The van der Waals surface area contributed by atoms with Crippen molar-refractivity contribution in [3.05, 3.63) is 24.3 Å². The van der Waals surface area contributed by atoms with Gasteiger partial charge in [-0.15, -0.1) is 0 Å². The molecule has 0 bridgehead atoms. The molecule has 0 unspecified atom stereocenters. The third-order valence-corrected chi connectivity index (χ3v) is 4.22. The van der Waals surface area contributed by atoms with Crippen molar-refractivity contribution in [1.82, 2.24) is 0 Å². The van der Waals surface area contributed by atoms with Gasteiger partial charge in [-0.1, -0.05) is 18.9 Å². The minimum absolute atomic E-state index is 0.228. The van der Waals surface area contributed by atoms with Crippen LogP contribution in [0, 0.1) is 11.8 Å². The van der Waals surface area contributed by atoms with Crippen molar-refractivity contribution in [1.29, 1.82) is 0 Å². The second-order valence-electron chi connectivity index (χ2n) is 5.90. The SMILES string of the molecule is CCOCCOc1cccc(NC(=O)[C@@H]2CCCC[C@H]2C(=O)O)c1. The van der Waals surface area contributed by atoms with Crippen LogP contribution in [-0.4, -0.2) is 36.8 Å². The number of carbonyl (C=O) groups is 2. The number of nitrogens with one attached hydrogen (secondary N) is 1. The number of hydrogen-bond donors (Lipinski definition) is 2. The molecular weight excluding hydrogens is 310 g/mol. The van der Waals surface area contributed by atoms with Gasteiger partial charge in [-0.25, -0.2) is 0 Å². The number of hydrogen-bond acceptors (Lipinski definition) is 4. The zero-order valence-corrected chi connectivity index (χ0v) is 14.0. The summed E-state index contributed by atoms with van der Waals surface area (Å²) in [5, 5.41) is 12.1. The summed E-state index contributed by atoms with van der Waals surface area (Å²) in [4.78, 5) is 23.8. The Balaban J connectivity index is 1.94. The highest BCUT2D eigenvalue weighted by molar-refractivity contribution is 5.95. The fourth-order valence-electron chi connectivity index (χ4n) is 3.00. The molecule has 1 aliphatic rings. The van der Waals surface area contributed by atoms with Crippen molar-refractivity contribution in [3.8, 4) is 5.75 Å². The van der Waals surface area contributed by atoms with E-state index in [9.17, 15) is 14.7 Å². The standard InChI is InChI=1S/C18H25NO5/c1-2-23-10-11-24-14-7-5-6-13(12-14)19-17(20)15-8-3-4-9-16(15)18(21)22/h5-7,12,15-16H,2-4,8-11H2,1H3,(H,19,20)(H,21,22)/t15-,16-/m1/s1. The molecule has 1 fully saturated rings. The molecule has 0 aromatic heterocycles. The van der Waals surface area contributed by atoms with Crippen molar-refractivity contribution in [3.63, 3.8) is 0 Å². The number of rotatable bonds is 8. The molecule has 2 rings (SSSR count). The topological polar surface area (TPSA) is 84.9 Å². The summed E-state index contributed by atoms with van der Waals surface area (Å²) in [5.41, 5.74) is 0.614. The summed E-state index contributed by atoms with van der Waals surface area (Å²) < 4.78 is 10.8. The van der Waals surface area contributed by atoms with Gasteiger partial charge in [-0.2, -0.15) is 0 Å². The average Bonchev–Trinajstić information content (AvgIpc) is 2.59. The van der Waals surface area contributed by atoms with Crippen molar-refractivity contribution in [2.45, 2.75) is 32.6 Å². The van der Waals surface area contributed by atoms with Gasteiger partial charge in [0.05, 0.1) is 18.4 Å². The molecular formula is C18H25NO5. The largest absolute Gasteiger partial charge is 0.491 e. The molecule has 0 saturated heterocycles. The van der Waals surface area contributed by atoms with Gasteiger partial charge in [0, 0.05) is 18.4 Å². The minimum atomic E-state index is -0.886. The number of benzene rings is 1. The first kappa shape index (κ1) is 18.3. The van der Waals surface area contributed by atoms with Gasteiger partial charge in [0.25, 0.3) is 0 Å². The summed E-state index contributed by atoms with van der Waals surface area (Å²) in [6, 6.07) is 7.11. The molecule has 0 aliphatic heterocycles. The van der Waals surface area contributed by atoms with Crippen LogP contribution in [-0.2, 0) is 14.3 Å². The van der Waals surface area contributed by atoms with Crippen LogP contribution in [0.25, 0.3) is 0 Å². The number of carboxylic acid groups (broad SMARTS) is 1. The van der Waals surface area contributed by atoms with Crippen LogP contribution < -0.4 is 10.1 Å². The fourth-order valence-corrected chi connectivity index (χ4v) is 3.00. The summed E-state index contributed by atoms with van der Waals surface area (Å²) in [6.45, 7) is 3.52. The Morgan fingerprint density at radius 2 is 1.96 bits per heavy atom. The average molecular weight is 335 g/mol. The molecule has 24 heavy (non-hydrogen) atoms. The van der Waals surface area contributed by atoms with Gasteiger partial charge in [-0.05, 0) is 31.9 Å². The third-order valence-electron chi connectivity index (χ3n) is 4.22. The monoisotopic (exact) mass is 335 g/mol. The van der Waals surface area contributed by atoms with Gasteiger partial charge in [0.15, 0.2) is 0 Å². The van der Waals surface area contributed by atoms with Crippen molar-refractivity contribution >= 4 is 17.6 Å². The van der Waals surface area contributed by atoms with Crippen LogP contribution in [0.3, 0.4) is 0 Å². The summed E-state index contributed by atoms with van der Waals surface area (Å²) in [7, 11) is 0. The van der Waals surface area contributed by atoms with E-state index in [4.69, 9.17) is 9.47 Å². The second kappa shape index (κ2) is 9.27. The lowest BCUT2D eigenvalue weighted by molar-refractivity contribution is -0.147. The zero-order chi connectivity index (χ0) is 17.4. The van der Waals surface area contributed by atoms with E-state index in [0.717, 1.165) is 12.8 Å². The zero-order valence-electron chi connectivity index (χ0n) is 14.0. The highest BCUT2D eigenvalue weighted by Gasteiger charge is 2.35. The highest BCUT2D eigenvalue weighted by Crippen LogP contribution is 2.31. The Kier molecular flexibility index (Phi) is 7.06. The van der Waals surface area contributed by atoms with E-state index in [1.807, 2.05) is 13.0 Å². The van der Waals surface area contributed by atoms with E-state index in [-0.39, 0.29) is 5.91 Å². The van der Waals surface area contributed by atoms with Gasteiger partial charge < -0.3 is 19.9 Å². The second-order valence-corrected chi connectivity index (χ2v) is 5.90. The predicted octanol–water partition coefficient (Wildman–Crippen LogP) is 2.93. The summed E-state index contributed by atoms with van der Waals surface area (Å²) >= 11 is 0. The Hall–Kier alpha value is -2.08. The quantitative estimate of drug-likeness (QED) is 0.714. The summed E-state index contributed by atoms with van der Waals surface area (Å²) in [6.07, 6.45) is 2.94. The number of carboxylic acids is 1. The maximum absolute atomic E-state index is 12.5. The summed E-state index contributed by atoms with van der Waals surface area (Å²) in [5.74, 6) is -1.54. The number of aliphatic carboxylic acids is 1. The fraction of sp³-hybridized carbons (Fsp3) is 0.556. The van der Waals surface area contributed by atoms with E-state index in [1.165, 1.54) is 0 Å². The predicted molar refractivity (Wildman–Crippen MR) is 90.1 cm³/mol. The number of amides is 1. The molecule has 0 radical (unpaired) electrons. The van der Waals surface area contributed by atoms with Gasteiger partial charge >= 0.3 is 5.97 Å². The lowest BCUT2D eigenvalue weighted by atomic mass is 9.78. The molecule has 0 spiro atoms. The van der Waals surface area contributed by atoms with Crippen molar-refractivity contribution in [2.75, 3.05) is 25.1 Å². The van der Waals surface area contributed by atoms with E-state index in [1.54, 1.807) is 18.2 Å². The molecule has 1 aromatic rings. The molecule has 6 nitrogen and oxygen atoms in total. The molecule has 1 saturated carbocycles. The van der Waals surface area contributed by atoms with E-state index >= 15 is 0 Å². The minimum Gasteiger partial charge on any atom is -0.491 e. The van der Waals surface area contributed by atoms with Crippen molar-refractivity contribution < 1.29 is 24.2 Å². The van der Waals surface area contributed by atoms with Crippen LogP contribution in [0.1, 0.15) is 32.6 Å². The lowest BCUT2D eigenvalue weighted by Crippen LogP contribution is -2.36. The van der Waals surface area contributed by atoms with Crippen LogP contribution in [0.15, 0.2) is 24.3 Å². The molecule has 1 aromatic carbocycles. The smallest absolute Gasteiger partial charge is 0.307 e. The van der Waals surface area contributed by atoms with E-state index in [2.05, 4.69) is 5.32 Å². The van der Waals surface area contributed by atoms with E-state index in [0.29, 0.717) is 44.1 Å². The van der Waals surface area contributed by atoms with Crippen LogP contribution in [0.5, 0.6) is 5.75 Å². The Labute approximate surface area is 142 Å². The molecule has 2 atom stereocenters. The molecule has 132 valence electrons. The normalized spacial score (nSPS) is 20.4. The van der Waals surface area contributed by atoms with E-state index < -0.39 is 17.8 Å². The lowest BCUT2D eigenvalue weighted by Gasteiger charge is -2.27. The molecule has 1 amide bonds. The van der Waals surface area contributed by atoms with Crippen LogP contribution >= 0.6 is 0 Å². The van der Waals surface area contributed by atoms with Gasteiger partial charge in [0.2, 0.25) is 5.91 Å². The first-order chi connectivity index (χ1) is 11.6. The maximum atomic E-state index is 12.5. The number of ether oxygens (including phenoxy) is 2. The molecule has 6 heteroatoms. The first-order valence-electron chi connectivity index (χ1n) is 8.46. The van der Waals surface area contributed by atoms with Crippen LogP contribution in [0.4, 0.5) is 5.69 Å². The van der Waals surface area contributed by atoms with Gasteiger partial charge in [-0.3, -0.25) is 9.59 Å². The number of anilines is 1. The number of carbonyl (C=O) groups excluding carboxylic acids is 1. The Morgan fingerprint density at radius 3 is 2.67 bits per heavy atom. The molecule has 1 aliphatic carbocycles. The Morgan fingerprint density at radius 1 is 1.21 bits per heavy atom. The van der Waals surface area contributed by atoms with Crippen LogP contribution in [0.2, 0.25) is 0 Å². The highest BCUT2D eigenvalue weighted by atomic mass is 16.5. The first-order valence-corrected chi connectivity index (χ1v) is 8.46. The Bertz CT molecular complexity index is 560. The molecule has 2 N–H and O–H groups in total. The van der Waals surface area contributed by atoms with Crippen molar-refractivity contribution in [2.24, 2.45) is 11.8 Å².